The predicted octanol–water partition coefficient (Wildman–Crippen LogP) is 3.67. The third-order valence-electron chi connectivity index (χ3n) is 5.06. The van der Waals surface area contributed by atoms with E-state index in [1.165, 1.54) is 0 Å². The molecule has 8 heteroatoms. The van der Waals surface area contributed by atoms with Crippen LogP contribution in [0, 0.1) is 0 Å². The van der Waals surface area contributed by atoms with Crippen molar-refractivity contribution in [2.45, 2.75) is 19.1 Å². The number of ether oxygens (including phenoxy) is 2. The van der Waals surface area contributed by atoms with Gasteiger partial charge >= 0.3 is 6.09 Å². The number of hydrogen-bond acceptors (Lipinski definition) is 5. The summed E-state index contributed by atoms with van der Waals surface area (Å²) in [5.41, 5.74) is 1.98. The van der Waals surface area contributed by atoms with E-state index >= 15 is 0 Å². The van der Waals surface area contributed by atoms with Gasteiger partial charge in [-0.15, -0.1) is 12.4 Å². The molecular weight excluding hydrogens is 416 g/mol. The Kier molecular flexibility index (Phi) is 8.32. The fourth-order valence-corrected chi connectivity index (χ4v) is 3.43. The lowest BCUT2D eigenvalue weighted by Crippen LogP contribution is -2.53. The molecule has 1 amide bonds. The third kappa shape index (κ3) is 6.47. The number of halogens is 1. The highest BCUT2D eigenvalue weighted by Gasteiger charge is 2.24. The quantitative estimate of drug-likeness (QED) is 0.604. The Hall–Kier alpha value is -3.03. The van der Waals surface area contributed by atoms with Crippen molar-refractivity contribution in [1.29, 1.82) is 0 Å². The molecule has 7 nitrogen and oxygen atoms in total. The first-order valence-electron chi connectivity index (χ1n) is 10.2. The molecule has 0 aliphatic carbocycles. The van der Waals surface area contributed by atoms with Gasteiger partial charge in [-0.1, -0.05) is 30.3 Å². The van der Waals surface area contributed by atoms with Gasteiger partial charge in [-0.3, -0.25) is 0 Å². The van der Waals surface area contributed by atoms with Gasteiger partial charge in [0.15, 0.2) is 0 Å². The Balaban J connectivity index is 0.00000272. The van der Waals surface area contributed by atoms with Crippen LogP contribution in [0.5, 0.6) is 5.75 Å². The number of aromatic nitrogens is 2. The van der Waals surface area contributed by atoms with Crippen LogP contribution >= 0.6 is 12.4 Å². The Labute approximate surface area is 188 Å². The van der Waals surface area contributed by atoms with E-state index in [1.807, 2.05) is 66.9 Å². The van der Waals surface area contributed by atoms with Gasteiger partial charge in [0.05, 0.1) is 12.3 Å². The van der Waals surface area contributed by atoms with E-state index in [-0.39, 0.29) is 24.5 Å². The Bertz CT molecular complexity index is 920. The van der Waals surface area contributed by atoms with E-state index in [4.69, 9.17) is 9.47 Å². The lowest BCUT2D eigenvalue weighted by Gasteiger charge is -2.33. The molecule has 1 N–H and O–H groups in total. The number of hydrogen-bond donors (Lipinski definition) is 1. The summed E-state index contributed by atoms with van der Waals surface area (Å²) in [6.45, 7) is 2.90. The summed E-state index contributed by atoms with van der Waals surface area (Å²) in [4.78, 5) is 14.1. The lowest BCUT2D eigenvalue weighted by atomic mass is 10.1. The monoisotopic (exact) mass is 442 g/mol. The summed E-state index contributed by atoms with van der Waals surface area (Å²) in [5, 5.41) is 7.67. The number of rotatable bonds is 7. The highest BCUT2D eigenvalue weighted by Crippen LogP contribution is 2.15. The van der Waals surface area contributed by atoms with Crippen LogP contribution in [-0.4, -0.2) is 53.1 Å². The van der Waals surface area contributed by atoms with Crippen molar-refractivity contribution in [3.63, 3.8) is 0 Å². The first-order chi connectivity index (χ1) is 14.8. The second kappa shape index (κ2) is 11.4. The van der Waals surface area contributed by atoms with E-state index in [9.17, 15) is 4.79 Å². The molecule has 0 spiro atoms. The van der Waals surface area contributed by atoms with Crippen molar-refractivity contribution >= 4 is 18.5 Å². The van der Waals surface area contributed by atoms with Gasteiger partial charge < -0.3 is 19.7 Å². The SMILES string of the molecule is Cl.O=C(OCc1ccccc1)N1CCN[C@H](CCOc2ccc(-n3cccn3)cc2)C1. The van der Waals surface area contributed by atoms with Crippen molar-refractivity contribution < 1.29 is 14.3 Å². The molecule has 0 bridgehead atoms. The number of piperazine rings is 1. The smallest absolute Gasteiger partial charge is 0.410 e. The summed E-state index contributed by atoms with van der Waals surface area (Å²) in [6.07, 6.45) is 4.20. The maximum Gasteiger partial charge on any atom is 0.410 e. The lowest BCUT2D eigenvalue weighted by molar-refractivity contribution is 0.0827. The maximum atomic E-state index is 12.4. The highest BCUT2D eigenvalue weighted by molar-refractivity contribution is 5.85. The molecule has 1 fully saturated rings. The summed E-state index contributed by atoms with van der Waals surface area (Å²) in [7, 11) is 0. The van der Waals surface area contributed by atoms with Gasteiger partial charge in [0.2, 0.25) is 0 Å². The standard InChI is InChI=1S/C23H26N4O3.ClH/c28-23(30-18-19-5-2-1-3-6-19)26-15-13-24-20(17-26)11-16-29-22-9-7-21(8-10-22)27-14-4-12-25-27;/h1-10,12,14,20,24H,11,13,15-18H2;1H/t20-;/m1./s1. The van der Waals surface area contributed by atoms with Crippen LogP contribution in [-0.2, 0) is 11.3 Å². The normalized spacial score (nSPS) is 15.7. The van der Waals surface area contributed by atoms with Crippen LogP contribution in [0.25, 0.3) is 5.69 Å². The predicted molar refractivity (Wildman–Crippen MR) is 121 cm³/mol. The molecule has 0 saturated carbocycles. The van der Waals surface area contributed by atoms with Crippen molar-refractivity contribution in [2.75, 3.05) is 26.2 Å². The molecule has 1 aliphatic rings. The van der Waals surface area contributed by atoms with Crippen LogP contribution in [0.1, 0.15) is 12.0 Å². The average molecular weight is 443 g/mol. The molecule has 1 atom stereocenters. The van der Waals surface area contributed by atoms with Crippen LogP contribution in [0.15, 0.2) is 73.1 Å². The van der Waals surface area contributed by atoms with Gasteiger partial charge in [0, 0.05) is 38.1 Å². The molecule has 164 valence electrons. The number of nitrogens with one attached hydrogen (secondary N) is 1. The maximum absolute atomic E-state index is 12.4. The summed E-state index contributed by atoms with van der Waals surface area (Å²) in [6, 6.07) is 19.6. The average Bonchev–Trinajstić information content (AvgIpc) is 3.34. The first-order valence-corrected chi connectivity index (χ1v) is 10.2. The Morgan fingerprint density at radius 3 is 2.65 bits per heavy atom. The fourth-order valence-electron chi connectivity index (χ4n) is 3.43. The molecule has 0 unspecified atom stereocenters. The molecule has 4 rings (SSSR count). The number of nitrogens with zero attached hydrogens (tertiary/aromatic N) is 3. The molecule has 3 aromatic rings. The number of amides is 1. The first kappa shape index (κ1) is 22.7. The van der Waals surface area contributed by atoms with Gasteiger partial charge in [0.1, 0.15) is 12.4 Å². The minimum atomic E-state index is -0.263. The molecule has 2 heterocycles. The summed E-state index contributed by atoms with van der Waals surface area (Å²) in [5.74, 6) is 0.820. The van der Waals surface area contributed by atoms with Crippen LogP contribution in [0.3, 0.4) is 0 Å². The molecular formula is C23H27ClN4O3. The van der Waals surface area contributed by atoms with E-state index in [0.717, 1.165) is 30.0 Å². The van der Waals surface area contributed by atoms with E-state index in [0.29, 0.717) is 26.3 Å². The zero-order valence-corrected chi connectivity index (χ0v) is 18.0. The van der Waals surface area contributed by atoms with Gasteiger partial charge in [0.25, 0.3) is 0 Å². The molecule has 0 radical (unpaired) electrons. The fraction of sp³-hybridized carbons (Fsp3) is 0.304. The second-order valence-electron chi connectivity index (χ2n) is 7.22. The molecule has 1 aromatic heterocycles. The molecule has 31 heavy (non-hydrogen) atoms. The molecule has 1 aliphatic heterocycles. The van der Waals surface area contributed by atoms with Crippen molar-refractivity contribution in [3.05, 3.63) is 78.6 Å². The van der Waals surface area contributed by atoms with Crippen molar-refractivity contribution in [1.82, 2.24) is 20.0 Å². The van der Waals surface area contributed by atoms with Crippen LogP contribution in [0.4, 0.5) is 4.79 Å². The van der Waals surface area contributed by atoms with Crippen LogP contribution in [0.2, 0.25) is 0 Å². The van der Waals surface area contributed by atoms with Crippen molar-refractivity contribution in [2.24, 2.45) is 0 Å². The minimum Gasteiger partial charge on any atom is -0.494 e. The number of benzene rings is 2. The Morgan fingerprint density at radius 2 is 1.90 bits per heavy atom. The molecule has 2 aromatic carbocycles. The van der Waals surface area contributed by atoms with Crippen molar-refractivity contribution in [3.8, 4) is 11.4 Å². The van der Waals surface area contributed by atoms with E-state index < -0.39 is 0 Å². The topological polar surface area (TPSA) is 68.6 Å². The van der Waals surface area contributed by atoms with E-state index in [2.05, 4.69) is 10.4 Å². The molecule has 1 saturated heterocycles. The zero-order chi connectivity index (χ0) is 20.6. The Morgan fingerprint density at radius 1 is 1.10 bits per heavy atom. The second-order valence-corrected chi connectivity index (χ2v) is 7.22. The third-order valence-corrected chi connectivity index (χ3v) is 5.06. The zero-order valence-electron chi connectivity index (χ0n) is 17.2. The van der Waals surface area contributed by atoms with E-state index in [1.54, 1.807) is 15.8 Å². The number of carbonyl (C=O) groups is 1. The van der Waals surface area contributed by atoms with Gasteiger partial charge in [-0.25, -0.2) is 9.48 Å². The minimum absolute atomic E-state index is 0. The van der Waals surface area contributed by atoms with Gasteiger partial charge in [-0.2, -0.15) is 5.10 Å². The summed E-state index contributed by atoms with van der Waals surface area (Å²) < 4.78 is 13.1. The van der Waals surface area contributed by atoms with Crippen LogP contribution < -0.4 is 10.1 Å². The van der Waals surface area contributed by atoms with Gasteiger partial charge in [-0.05, 0) is 42.3 Å². The largest absolute Gasteiger partial charge is 0.494 e. The number of carbonyl (C=O) groups excluding carboxylic acids is 1. The summed E-state index contributed by atoms with van der Waals surface area (Å²) >= 11 is 0. The highest BCUT2D eigenvalue weighted by atomic mass is 35.5.